The zero-order valence-corrected chi connectivity index (χ0v) is 7.91. The van der Waals surface area contributed by atoms with Gasteiger partial charge in [0.25, 0.3) is 0 Å². The lowest BCUT2D eigenvalue weighted by molar-refractivity contribution is -0.134. The van der Waals surface area contributed by atoms with Crippen LogP contribution in [0.3, 0.4) is 0 Å². The maximum absolute atomic E-state index is 10.3. The third kappa shape index (κ3) is 4.13. The number of carboxylic acids is 2. The van der Waals surface area contributed by atoms with Crippen molar-refractivity contribution in [3.8, 4) is 0 Å². The minimum atomic E-state index is -2.14. The van der Waals surface area contributed by atoms with Crippen molar-refractivity contribution >= 4 is 19.0 Å². The SMILES string of the molecule is CN=P(C)(CC(=O)O)CC(=O)O. The molecule has 0 aliphatic carbocycles. The average Bonchev–Trinajstić information content (AvgIpc) is 1.83. The van der Waals surface area contributed by atoms with Crippen LogP contribution in [0.25, 0.3) is 0 Å². The largest absolute Gasteiger partial charge is 0.481 e. The van der Waals surface area contributed by atoms with Crippen LogP contribution in [-0.2, 0) is 9.59 Å². The Morgan fingerprint density at radius 1 is 1.25 bits per heavy atom. The molecule has 0 aliphatic heterocycles. The quantitative estimate of drug-likeness (QED) is 0.640. The summed E-state index contributed by atoms with van der Waals surface area (Å²) in [6.07, 6.45) is -0.286. The van der Waals surface area contributed by atoms with E-state index in [9.17, 15) is 9.59 Å². The predicted octanol–water partition coefficient (Wildman–Crippen LogP) is 0.616. The van der Waals surface area contributed by atoms with Crippen LogP contribution in [-0.4, -0.2) is 48.2 Å². The zero-order chi connectivity index (χ0) is 9.78. The minimum Gasteiger partial charge on any atom is -0.481 e. The summed E-state index contributed by atoms with van der Waals surface area (Å²) in [5.74, 6) is -1.98. The summed E-state index contributed by atoms with van der Waals surface area (Å²) >= 11 is 0. The van der Waals surface area contributed by atoms with E-state index in [1.54, 1.807) is 6.66 Å². The van der Waals surface area contributed by atoms with Gasteiger partial charge in [-0.1, -0.05) is 0 Å². The van der Waals surface area contributed by atoms with E-state index in [4.69, 9.17) is 10.2 Å². The van der Waals surface area contributed by atoms with Gasteiger partial charge in [0.15, 0.2) is 0 Å². The molecule has 0 rings (SSSR count). The highest BCUT2D eigenvalue weighted by Gasteiger charge is 2.19. The zero-order valence-electron chi connectivity index (χ0n) is 7.02. The van der Waals surface area contributed by atoms with Gasteiger partial charge in [0, 0.05) is 7.05 Å². The van der Waals surface area contributed by atoms with Gasteiger partial charge in [-0.2, -0.15) is 0 Å². The number of rotatable bonds is 4. The third-order valence-corrected chi connectivity index (χ3v) is 4.30. The van der Waals surface area contributed by atoms with Crippen molar-refractivity contribution in [1.82, 2.24) is 0 Å². The van der Waals surface area contributed by atoms with Crippen molar-refractivity contribution in [3.63, 3.8) is 0 Å². The van der Waals surface area contributed by atoms with Gasteiger partial charge in [-0.05, 0) is 13.7 Å². The lowest BCUT2D eigenvalue weighted by Gasteiger charge is -2.13. The fraction of sp³-hybridized carbons (Fsp3) is 0.667. The van der Waals surface area contributed by atoms with Gasteiger partial charge < -0.3 is 15.0 Å². The van der Waals surface area contributed by atoms with E-state index in [0.717, 1.165) is 0 Å². The third-order valence-electron chi connectivity index (χ3n) is 1.43. The fourth-order valence-corrected chi connectivity index (χ4v) is 2.34. The fourth-order valence-electron chi connectivity index (χ4n) is 0.780. The first-order valence-corrected chi connectivity index (χ1v) is 5.85. The molecule has 70 valence electrons. The Morgan fingerprint density at radius 3 is 1.75 bits per heavy atom. The van der Waals surface area contributed by atoms with Crippen molar-refractivity contribution in [2.45, 2.75) is 0 Å². The van der Waals surface area contributed by atoms with Gasteiger partial charge in [-0.3, -0.25) is 9.59 Å². The molecule has 0 unspecified atom stereocenters. The summed E-state index contributed by atoms with van der Waals surface area (Å²) in [7, 11) is -0.665. The normalized spacial score (nSPS) is 10.8. The van der Waals surface area contributed by atoms with E-state index in [2.05, 4.69) is 4.74 Å². The first-order chi connectivity index (χ1) is 5.39. The van der Waals surface area contributed by atoms with E-state index in [1.807, 2.05) is 0 Å². The van der Waals surface area contributed by atoms with E-state index in [-0.39, 0.29) is 12.3 Å². The number of aliphatic carboxylic acids is 2. The van der Waals surface area contributed by atoms with Gasteiger partial charge in [0.2, 0.25) is 0 Å². The molecule has 12 heavy (non-hydrogen) atoms. The molecule has 0 saturated heterocycles. The highest BCUT2D eigenvalue weighted by Crippen LogP contribution is 2.43. The van der Waals surface area contributed by atoms with Crippen LogP contribution in [0.4, 0.5) is 0 Å². The molecule has 0 aromatic carbocycles. The molecular formula is C6H12NO4P. The molecule has 0 aliphatic rings. The van der Waals surface area contributed by atoms with Crippen molar-refractivity contribution in [1.29, 1.82) is 0 Å². The number of hydrogen-bond donors (Lipinski definition) is 2. The number of nitrogens with zero attached hydrogens (tertiary/aromatic N) is 1. The monoisotopic (exact) mass is 193 g/mol. The molecule has 0 heterocycles. The van der Waals surface area contributed by atoms with Crippen LogP contribution in [0.15, 0.2) is 4.74 Å². The second-order valence-corrected chi connectivity index (χ2v) is 6.35. The Balaban J connectivity index is 4.47. The summed E-state index contributed by atoms with van der Waals surface area (Å²) in [6.45, 7) is 1.62. The number of hydrogen-bond acceptors (Lipinski definition) is 3. The Bertz CT molecular complexity index is 228. The van der Waals surface area contributed by atoms with Gasteiger partial charge >= 0.3 is 11.9 Å². The molecule has 0 saturated carbocycles. The Morgan fingerprint density at radius 2 is 1.58 bits per heavy atom. The summed E-state index contributed by atoms with van der Waals surface area (Å²) in [5.41, 5.74) is 0. The molecule has 2 N–H and O–H groups in total. The first kappa shape index (κ1) is 11.2. The molecule has 0 radical (unpaired) electrons. The first-order valence-electron chi connectivity index (χ1n) is 3.29. The highest BCUT2D eigenvalue weighted by molar-refractivity contribution is 7.67. The molecule has 0 bridgehead atoms. The van der Waals surface area contributed by atoms with E-state index >= 15 is 0 Å². The second-order valence-electron chi connectivity index (χ2n) is 2.64. The summed E-state index contributed by atoms with van der Waals surface area (Å²) in [6, 6.07) is 0. The molecule has 0 atom stereocenters. The molecule has 0 spiro atoms. The molecular weight excluding hydrogens is 181 g/mol. The molecule has 6 heteroatoms. The highest BCUT2D eigenvalue weighted by atomic mass is 31.2. The van der Waals surface area contributed by atoms with E-state index in [0.29, 0.717) is 0 Å². The Hall–Kier alpha value is -0.830. The Kier molecular flexibility index (Phi) is 3.96. The van der Waals surface area contributed by atoms with Gasteiger partial charge in [0.1, 0.15) is 0 Å². The maximum Gasteiger partial charge on any atom is 0.309 e. The van der Waals surface area contributed by atoms with Crippen LogP contribution in [0, 0.1) is 0 Å². The van der Waals surface area contributed by atoms with Crippen molar-refractivity contribution in [2.24, 2.45) is 4.74 Å². The predicted molar refractivity (Wildman–Crippen MR) is 46.2 cm³/mol. The minimum absolute atomic E-state index is 0.143. The van der Waals surface area contributed by atoms with Gasteiger partial charge in [-0.25, -0.2) is 0 Å². The maximum atomic E-state index is 10.3. The van der Waals surface area contributed by atoms with Gasteiger partial charge in [0.05, 0.1) is 12.3 Å². The lowest BCUT2D eigenvalue weighted by atomic mass is 10.8. The number of carboxylic acid groups (broad SMARTS) is 2. The van der Waals surface area contributed by atoms with E-state index < -0.39 is 19.0 Å². The molecule has 0 aromatic heterocycles. The van der Waals surface area contributed by atoms with E-state index in [1.165, 1.54) is 7.05 Å². The van der Waals surface area contributed by atoms with Gasteiger partial charge in [-0.15, -0.1) is 0 Å². The number of carbonyl (C=O) groups is 2. The second kappa shape index (κ2) is 4.26. The molecule has 0 fully saturated rings. The molecule has 0 aromatic rings. The lowest BCUT2D eigenvalue weighted by Crippen LogP contribution is -2.11. The van der Waals surface area contributed by atoms with Crippen LogP contribution in [0.1, 0.15) is 0 Å². The molecule has 0 amide bonds. The Labute approximate surface area is 70.5 Å². The summed E-state index contributed by atoms with van der Waals surface area (Å²) in [4.78, 5) is 20.7. The summed E-state index contributed by atoms with van der Waals surface area (Å²) in [5, 5.41) is 16.9. The van der Waals surface area contributed by atoms with Crippen molar-refractivity contribution in [3.05, 3.63) is 0 Å². The smallest absolute Gasteiger partial charge is 0.309 e. The van der Waals surface area contributed by atoms with Crippen LogP contribution in [0.2, 0.25) is 0 Å². The van der Waals surface area contributed by atoms with Crippen LogP contribution >= 0.6 is 7.05 Å². The van der Waals surface area contributed by atoms with Crippen LogP contribution in [0.5, 0.6) is 0 Å². The van der Waals surface area contributed by atoms with Crippen molar-refractivity contribution in [2.75, 3.05) is 26.0 Å². The molecule has 5 nitrogen and oxygen atoms in total. The van der Waals surface area contributed by atoms with Crippen LogP contribution < -0.4 is 0 Å². The van der Waals surface area contributed by atoms with Crippen molar-refractivity contribution < 1.29 is 19.8 Å². The standard InChI is InChI=1S/C6H12NO4P/c1-7-12(2,3-5(8)9)4-6(10)11/h3-4H2,1-2H3,(H,8,9)(H,10,11). The topological polar surface area (TPSA) is 87.0 Å². The summed E-state index contributed by atoms with van der Waals surface area (Å²) < 4.78 is 3.85. The average molecular weight is 193 g/mol.